The van der Waals surface area contributed by atoms with Gasteiger partial charge < -0.3 is 14.8 Å². The number of nitriles is 1. The first-order valence-corrected chi connectivity index (χ1v) is 9.40. The van der Waals surface area contributed by atoms with E-state index in [0.29, 0.717) is 23.5 Å². The van der Waals surface area contributed by atoms with Crippen LogP contribution in [-0.2, 0) is 12.6 Å². The Bertz CT molecular complexity index is 1090. The van der Waals surface area contributed by atoms with E-state index in [1.165, 1.54) is 14.2 Å². The topological polar surface area (TPSA) is 67.2 Å². The Hall–Kier alpha value is -3.73. The van der Waals surface area contributed by atoms with E-state index in [1.54, 1.807) is 48.5 Å². The third kappa shape index (κ3) is 5.07. The van der Waals surface area contributed by atoms with Gasteiger partial charge in [-0.3, -0.25) is 0 Å². The average molecular weight is 427 g/mol. The van der Waals surface area contributed by atoms with Crippen molar-refractivity contribution in [3.8, 4) is 28.8 Å². The number of nitrogens with zero attached hydrogens (tertiary/aromatic N) is 2. The van der Waals surface area contributed by atoms with Crippen molar-refractivity contribution in [3.05, 3.63) is 71.3 Å². The number of aromatic nitrogens is 1. The third-order valence-electron chi connectivity index (χ3n) is 4.66. The van der Waals surface area contributed by atoms with Crippen LogP contribution in [0.3, 0.4) is 0 Å². The average Bonchev–Trinajstić information content (AvgIpc) is 2.78. The number of halogens is 3. The number of anilines is 1. The number of pyridine rings is 1. The minimum absolute atomic E-state index is 0.100. The van der Waals surface area contributed by atoms with Crippen molar-refractivity contribution in [2.45, 2.75) is 12.6 Å². The summed E-state index contributed by atoms with van der Waals surface area (Å²) in [7, 11) is 3.06. The van der Waals surface area contributed by atoms with Crippen molar-refractivity contribution in [1.82, 2.24) is 4.98 Å². The summed E-state index contributed by atoms with van der Waals surface area (Å²) < 4.78 is 51.3. The molecule has 5 nitrogen and oxygen atoms in total. The van der Waals surface area contributed by atoms with E-state index in [9.17, 15) is 18.4 Å². The molecule has 1 N–H and O–H groups in total. The molecule has 0 spiro atoms. The molecule has 0 aliphatic rings. The molecule has 0 radical (unpaired) electrons. The lowest BCUT2D eigenvalue weighted by Gasteiger charge is -2.16. The van der Waals surface area contributed by atoms with Crippen LogP contribution >= 0.6 is 0 Å². The summed E-state index contributed by atoms with van der Waals surface area (Å²) in [4.78, 5) is 4.30. The molecular formula is C23H20F3N3O2. The molecule has 1 aromatic heterocycles. The largest absolute Gasteiger partial charge is 0.493 e. The molecule has 0 amide bonds. The fraction of sp³-hybridized carbons (Fsp3) is 0.217. The summed E-state index contributed by atoms with van der Waals surface area (Å²) >= 11 is 0. The van der Waals surface area contributed by atoms with Gasteiger partial charge in [-0.15, -0.1) is 0 Å². The zero-order valence-corrected chi connectivity index (χ0v) is 17.0. The van der Waals surface area contributed by atoms with Crippen LogP contribution in [0.15, 0.2) is 54.6 Å². The Kier molecular flexibility index (Phi) is 6.65. The second kappa shape index (κ2) is 9.39. The monoisotopic (exact) mass is 427 g/mol. The fourth-order valence-electron chi connectivity index (χ4n) is 3.13. The van der Waals surface area contributed by atoms with Crippen molar-refractivity contribution in [3.63, 3.8) is 0 Å². The molecule has 0 aliphatic heterocycles. The first-order valence-electron chi connectivity index (χ1n) is 9.40. The Morgan fingerprint density at radius 1 is 1.00 bits per heavy atom. The SMILES string of the molecule is COc1ccc(CCNc2nc(-c3ccccc3)cc(C(F)(F)F)c2C#N)cc1OC. The molecule has 3 rings (SSSR count). The minimum Gasteiger partial charge on any atom is -0.493 e. The van der Waals surface area contributed by atoms with Crippen molar-refractivity contribution >= 4 is 5.82 Å². The van der Waals surface area contributed by atoms with Gasteiger partial charge >= 0.3 is 6.18 Å². The molecule has 0 atom stereocenters. The number of nitrogens with one attached hydrogen (secondary N) is 1. The van der Waals surface area contributed by atoms with Gasteiger partial charge in [-0.25, -0.2) is 4.98 Å². The van der Waals surface area contributed by atoms with Gasteiger partial charge in [0.1, 0.15) is 17.5 Å². The second-order valence-corrected chi connectivity index (χ2v) is 6.62. The van der Waals surface area contributed by atoms with Crippen LogP contribution < -0.4 is 14.8 Å². The molecule has 160 valence electrons. The smallest absolute Gasteiger partial charge is 0.417 e. The van der Waals surface area contributed by atoms with Gasteiger partial charge in [0, 0.05) is 12.1 Å². The number of methoxy groups -OCH3 is 2. The van der Waals surface area contributed by atoms with E-state index in [-0.39, 0.29) is 18.1 Å². The Balaban J connectivity index is 1.90. The van der Waals surface area contributed by atoms with Gasteiger partial charge in [0.2, 0.25) is 0 Å². The zero-order chi connectivity index (χ0) is 22.4. The number of alkyl halides is 3. The molecule has 0 saturated heterocycles. The van der Waals surface area contributed by atoms with Crippen molar-refractivity contribution in [1.29, 1.82) is 5.26 Å². The molecule has 31 heavy (non-hydrogen) atoms. The maximum atomic E-state index is 13.6. The predicted octanol–water partition coefficient (Wildman–Crippen LogP) is 5.31. The highest BCUT2D eigenvalue weighted by molar-refractivity contribution is 5.68. The maximum absolute atomic E-state index is 13.6. The van der Waals surface area contributed by atoms with E-state index in [2.05, 4.69) is 10.3 Å². The number of ether oxygens (including phenoxy) is 2. The second-order valence-electron chi connectivity index (χ2n) is 6.62. The first kappa shape index (κ1) is 22.0. The highest BCUT2D eigenvalue weighted by atomic mass is 19.4. The first-order chi connectivity index (χ1) is 14.9. The van der Waals surface area contributed by atoms with E-state index in [1.807, 2.05) is 6.07 Å². The van der Waals surface area contributed by atoms with Crippen molar-refractivity contribution < 1.29 is 22.6 Å². The fourth-order valence-corrected chi connectivity index (χ4v) is 3.13. The zero-order valence-electron chi connectivity index (χ0n) is 17.0. The molecule has 0 saturated carbocycles. The van der Waals surface area contributed by atoms with E-state index >= 15 is 0 Å². The summed E-state index contributed by atoms with van der Waals surface area (Å²) in [5, 5.41) is 12.3. The van der Waals surface area contributed by atoms with Crippen LogP contribution in [0.1, 0.15) is 16.7 Å². The van der Waals surface area contributed by atoms with Gasteiger partial charge in [-0.05, 0) is 30.2 Å². The molecule has 0 aliphatic carbocycles. The molecular weight excluding hydrogens is 407 g/mol. The van der Waals surface area contributed by atoms with Gasteiger partial charge in [-0.2, -0.15) is 18.4 Å². The van der Waals surface area contributed by atoms with Crippen LogP contribution in [0.25, 0.3) is 11.3 Å². The van der Waals surface area contributed by atoms with Crippen molar-refractivity contribution in [2.24, 2.45) is 0 Å². The summed E-state index contributed by atoms with van der Waals surface area (Å²) in [5.74, 6) is 1.04. The summed E-state index contributed by atoms with van der Waals surface area (Å²) in [6.45, 7) is 0.271. The quantitative estimate of drug-likeness (QED) is 0.553. The predicted molar refractivity (Wildman–Crippen MR) is 111 cm³/mol. The van der Waals surface area contributed by atoms with E-state index in [0.717, 1.165) is 11.6 Å². The highest BCUT2D eigenvalue weighted by Gasteiger charge is 2.36. The Morgan fingerprint density at radius 3 is 2.32 bits per heavy atom. The van der Waals surface area contributed by atoms with Crippen LogP contribution in [0.4, 0.5) is 19.0 Å². The van der Waals surface area contributed by atoms with Crippen LogP contribution in [0.2, 0.25) is 0 Å². The van der Waals surface area contributed by atoms with Gasteiger partial charge in [0.25, 0.3) is 0 Å². The summed E-state index contributed by atoms with van der Waals surface area (Å²) in [5.41, 5.74) is 0.0110. The summed E-state index contributed by atoms with van der Waals surface area (Å²) in [6.07, 6.45) is -4.21. The van der Waals surface area contributed by atoms with Crippen LogP contribution in [-0.4, -0.2) is 25.7 Å². The van der Waals surface area contributed by atoms with Crippen LogP contribution in [0, 0.1) is 11.3 Å². The Labute approximate surface area is 178 Å². The molecule has 1 heterocycles. The van der Waals surface area contributed by atoms with E-state index in [4.69, 9.17) is 9.47 Å². The van der Waals surface area contributed by atoms with Gasteiger partial charge in [0.15, 0.2) is 11.5 Å². The normalized spacial score (nSPS) is 11.0. The molecule has 2 aromatic carbocycles. The van der Waals surface area contributed by atoms with Gasteiger partial charge in [0.05, 0.1) is 25.5 Å². The number of hydrogen-bond acceptors (Lipinski definition) is 5. The lowest BCUT2D eigenvalue weighted by atomic mass is 10.0. The molecule has 3 aromatic rings. The number of benzene rings is 2. The lowest BCUT2D eigenvalue weighted by molar-refractivity contribution is -0.137. The Morgan fingerprint density at radius 2 is 1.71 bits per heavy atom. The third-order valence-corrected chi connectivity index (χ3v) is 4.66. The minimum atomic E-state index is -4.68. The maximum Gasteiger partial charge on any atom is 0.417 e. The van der Waals surface area contributed by atoms with E-state index < -0.39 is 17.3 Å². The van der Waals surface area contributed by atoms with Crippen molar-refractivity contribution in [2.75, 3.05) is 26.1 Å². The highest BCUT2D eigenvalue weighted by Crippen LogP contribution is 2.37. The molecule has 8 heteroatoms. The molecule has 0 bridgehead atoms. The van der Waals surface area contributed by atoms with Crippen LogP contribution in [0.5, 0.6) is 11.5 Å². The lowest BCUT2D eigenvalue weighted by Crippen LogP contribution is -2.14. The molecule has 0 unspecified atom stereocenters. The van der Waals surface area contributed by atoms with Gasteiger partial charge in [-0.1, -0.05) is 36.4 Å². The standard InChI is InChI=1S/C23H20F3N3O2/c1-30-20-9-8-15(12-21(20)31-2)10-11-28-22-17(14-27)18(23(24,25)26)13-19(29-22)16-6-4-3-5-7-16/h3-9,12-13H,10-11H2,1-2H3,(H,28,29). The number of hydrogen-bond donors (Lipinski definition) is 1. The molecule has 0 fully saturated rings. The number of rotatable bonds is 7. The summed E-state index contributed by atoms with van der Waals surface area (Å²) in [6, 6.07) is 16.5.